The summed E-state index contributed by atoms with van der Waals surface area (Å²) in [6.07, 6.45) is 10.8. The molecule has 2 heteroatoms. The van der Waals surface area contributed by atoms with E-state index < -0.39 is 0 Å². The highest BCUT2D eigenvalue weighted by Crippen LogP contribution is 2.44. The fourth-order valence-corrected chi connectivity index (χ4v) is 3.58. The maximum atomic E-state index is 6.25. The van der Waals surface area contributed by atoms with Crippen LogP contribution in [0.3, 0.4) is 0 Å². The minimum atomic E-state index is 0.327. The average Bonchev–Trinajstić information content (AvgIpc) is 3.15. The van der Waals surface area contributed by atoms with Gasteiger partial charge in [-0.25, -0.2) is 0 Å². The second kappa shape index (κ2) is 5.85. The molecule has 2 rings (SSSR count). The Morgan fingerprint density at radius 2 is 1.89 bits per heavy atom. The summed E-state index contributed by atoms with van der Waals surface area (Å²) in [5.41, 5.74) is 6.58. The Labute approximate surface area is 119 Å². The van der Waals surface area contributed by atoms with Gasteiger partial charge in [-0.3, -0.25) is 4.90 Å². The van der Waals surface area contributed by atoms with Gasteiger partial charge in [0.05, 0.1) is 6.54 Å². The molecular formula is C17H30N2. The summed E-state index contributed by atoms with van der Waals surface area (Å²) < 4.78 is 0. The highest BCUT2D eigenvalue weighted by atomic mass is 15.1. The summed E-state index contributed by atoms with van der Waals surface area (Å²) in [5, 5.41) is 0. The number of hydrogen-bond acceptors (Lipinski definition) is 2. The Morgan fingerprint density at radius 3 is 2.47 bits per heavy atom. The molecule has 0 radical (unpaired) electrons. The zero-order chi connectivity index (χ0) is 14.0. The lowest BCUT2D eigenvalue weighted by Gasteiger charge is -2.48. The standard InChI is InChI=1S/C17H30N2/c1-5-10-19(11-14-6-7-14)12-15-8-9-16(18)13(2)17(15,3)4/h1,13-16H,6-12,18H2,2-4H3. The first-order valence-electron chi connectivity index (χ1n) is 7.86. The smallest absolute Gasteiger partial charge is 0.0599 e. The van der Waals surface area contributed by atoms with Crippen molar-refractivity contribution in [1.82, 2.24) is 4.90 Å². The van der Waals surface area contributed by atoms with E-state index in [2.05, 4.69) is 31.6 Å². The van der Waals surface area contributed by atoms with E-state index in [0.717, 1.165) is 24.9 Å². The van der Waals surface area contributed by atoms with E-state index in [9.17, 15) is 0 Å². The van der Waals surface area contributed by atoms with Crippen LogP contribution in [0.4, 0.5) is 0 Å². The first-order chi connectivity index (χ1) is 8.95. The molecule has 0 aromatic rings. The van der Waals surface area contributed by atoms with Crippen molar-refractivity contribution in [3.05, 3.63) is 0 Å². The van der Waals surface area contributed by atoms with E-state index in [-0.39, 0.29) is 0 Å². The molecule has 0 aromatic carbocycles. The molecule has 0 aliphatic heterocycles. The lowest BCUT2D eigenvalue weighted by molar-refractivity contribution is 0.0305. The van der Waals surface area contributed by atoms with Crippen molar-refractivity contribution in [2.75, 3.05) is 19.6 Å². The highest BCUT2D eigenvalue weighted by molar-refractivity contribution is 4.97. The van der Waals surface area contributed by atoms with Crippen LogP contribution in [0.2, 0.25) is 0 Å². The van der Waals surface area contributed by atoms with Crippen molar-refractivity contribution in [1.29, 1.82) is 0 Å². The van der Waals surface area contributed by atoms with Crippen LogP contribution >= 0.6 is 0 Å². The summed E-state index contributed by atoms with van der Waals surface area (Å²) in [6, 6.07) is 0.371. The van der Waals surface area contributed by atoms with Gasteiger partial charge >= 0.3 is 0 Å². The molecule has 2 saturated carbocycles. The monoisotopic (exact) mass is 262 g/mol. The van der Waals surface area contributed by atoms with Crippen molar-refractivity contribution in [2.24, 2.45) is 28.9 Å². The van der Waals surface area contributed by atoms with Gasteiger partial charge in [0.1, 0.15) is 0 Å². The van der Waals surface area contributed by atoms with Crippen LogP contribution in [-0.2, 0) is 0 Å². The van der Waals surface area contributed by atoms with Crippen LogP contribution in [0.1, 0.15) is 46.5 Å². The number of terminal acetylenes is 1. The Kier molecular flexibility index (Phi) is 4.58. The van der Waals surface area contributed by atoms with Gasteiger partial charge in [-0.15, -0.1) is 6.42 Å². The van der Waals surface area contributed by atoms with Crippen LogP contribution in [-0.4, -0.2) is 30.6 Å². The largest absolute Gasteiger partial charge is 0.327 e. The maximum Gasteiger partial charge on any atom is 0.0599 e. The van der Waals surface area contributed by atoms with Crippen molar-refractivity contribution >= 4 is 0 Å². The number of rotatable bonds is 5. The zero-order valence-electron chi connectivity index (χ0n) is 12.9. The van der Waals surface area contributed by atoms with Crippen molar-refractivity contribution in [2.45, 2.75) is 52.5 Å². The average molecular weight is 262 g/mol. The topological polar surface area (TPSA) is 29.3 Å². The first-order valence-corrected chi connectivity index (χ1v) is 7.86. The quantitative estimate of drug-likeness (QED) is 0.772. The molecular weight excluding hydrogens is 232 g/mol. The van der Waals surface area contributed by atoms with Gasteiger partial charge in [0.2, 0.25) is 0 Å². The second-order valence-corrected chi connectivity index (χ2v) is 7.39. The van der Waals surface area contributed by atoms with Crippen molar-refractivity contribution in [3.63, 3.8) is 0 Å². The van der Waals surface area contributed by atoms with Crippen LogP contribution in [0, 0.1) is 35.5 Å². The normalized spacial score (nSPS) is 34.2. The van der Waals surface area contributed by atoms with E-state index in [1.165, 1.54) is 32.2 Å². The highest BCUT2D eigenvalue weighted by Gasteiger charge is 2.42. The van der Waals surface area contributed by atoms with Crippen molar-refractivity contribution < 1.29 is 0 Å². The molecule has 0 spiro atoms. The lowest BCUT2D eigenvalue weighted by Crippen LogP contribution is -2.50. The van der Waals surface area contributed by atoms with E-state index in [1.807, 2.05) is 0 Å². The summed E-state index contributed by atoms with van der Waals surface area (Å²) >= 11 is 0. The summed E-state index contributed by atoms with van der Waals surface area (Å²) in [6.45, 7) is 10.3. The van der Waals surface area contributed by atoms with Crippen LogP contribution < -0.4 is 5.73 Å². The molecule has 2 aliphatic rings. The first kappa shape index (κ1) is 14.9. The van der Waals surface area contributed by atoms with E-state index >= 15 is 0 Å². The van der Waals surface area contributed by atoms with Crippen LogP contribution in [0.15, 0.2) is 0 Å². The molecule has 2 aliphatic carbocycles. The predicted octanol–water partition coefficient (Wildman–Crippen LogP) is 2.73. The molecule has 19 heavy (non-hydrogen) atoms. The van der Waals surface area contributed by atoms with Gasteiger partial charge in [0.15, 0.2) is 0 Å². The van der Waals surface area contributed by atoms with Gasteiger partial charge < -0.3 is 5.73 Å². The third-order valence-corrected chi connectivity index (χ3v) is 5.72. The number of nitrogens with two attached hydrogens (primary N) is 1. The molecule has 2 fully saturated rings. The fraction of sp³-hybridized carbons (Fsp3) is 0.882. The predicted molar refractivity (Wildman–Crippen MR) is 81.6 cm³/mol. The van der Waals surface area contributed by atoms with Gasteiger partial charge in [-0.1, -0.05) is 26.7 Å². The Bertz CT molecular complexity index is 338. The number of nitrogens with zero attached hydrogens (tertiary/aromatic N) is 1. The molecule has 2 nitrogen and oxygen atoms in total. The molecule has 0 heterocycles. The fourth-order valence-electron chi connectivity index (χ4n) is 3.58. The summed E-state index contributed by atoms with van der Waals surface area (Å²) in [4.78, 5) is 2.51. The molecule has 108 valence electrons. The summed E-state index contributed by atoms with van der Waals surface area (Å²) in [5.74, 6) is 5.08. The maximum absolute atomic E-state index is 6.25. The molecule has 0 bridgehead atoms. The van der Waals surface area contributed by atoms with Gasteiger partial charge in [-0.05, 0) is 48.9 Å². The second-order valence-electron chi connectivity index (χ2n) is 7.39. The Balaban J connectivity index is 1.97. The molecule has 0 saturated heterocycles. The van der Waals surface area contributed by atoms with E-state index in [0.29, 0.717) is 17.4 Å². The molecule has 0 amide bonds. The minimum Gasteiger partial charge on any atom is -0.327 e. The molecule has 3 unspecified atom stereocenters. The van der Waals surface area contributed by atoms with Crippen molar-refractivity contribution in [3.8, 4) is 12.3 Å². The van der Waals surface area contributed by atoms with Gasteiger partial charge in [0.25, 0.3) is 0 Å². The van der Waals surface area contributed by atoms with E-state index in [4.69, 9.17) is 12.2 Å². The SMILES string of the molecule is C#CCN(CC1CC1)CC1CCC(N)C(C)C1(C)C. The molecule has 2 N–H and O–H groups in total. The van der Waals surface area contributed by atoms with E-state index in [1.54, 1.807) is 0 Å². The Hall–Kier alpha value is -0.520. The lowest BCUT2D eigenvalue weighted by atomic mass is 9.61. The number of hydrogen-bond donors (Lipinski definition) is 1. The van der Waals surface area contributed by atoms with Crippen LogP contribution in [0.5, 0.6) is 0 Å². The third kappa shape index (κ3) is 3.52. The zero-order valence-corrected chi connectivity index (χ0v) is 12.9. The summed E-state index contributed by atoms with van der Waals surface area (Å²) in [7, 11) is 0. The minimum absolute atomic E-state index is 0.327. The van der Waals surface area contributed by atoms with Gasteiger partial charge in [-0.2, -0.15) is 0 Å². The van der Waals surface area contributed by atoms with Crippen LogP contribution in [0.25, 0.3) is 0 Å². The molecule has 0 aromatic heterocycles. The third-order valence-electron chi connectivity index (χ3n) is 5.72. The molecule has 3 atom stereocenters. The van der Waals surface area contributed by atoms with Gasteiger partial charge in [0, 0.05) is 19.1 Å². The Morgan fingerprint density at radius 1 is 1.21 bits per heavy atom.